The number of pyridine rings is 3. The molecule has 30 heavy (non-hydrogen) atoms. The third-order valence-electron chi connectivity index (χ3n) is 5.57. The first kappa shape index (κ1) is 20.0. The zero-order valence-corrected chi connectivity index (χ0v) is 17.1. The molecule has 7 heteroatoms. The van der Waals surface area contributed by atoms with Crippen LogP contribution in [0.3, 0.4) is 0 Å². The molecular weight excluding hydrogens is 378 g/mol. The number of hydrogen-bond donors (Lipinski definition) is 1. The van der Waals surface area contributed by atoms with Gasteiger partial charge < -0.3 is 15.0 Å². The fraction of sp³-hybridized carbons (Fsp3) is 0.304. The number of ether oxygens (including phenoxy) is 1. The maximum atomic E-state index is 12.9. The van der Waals surface area contributed by atoms with E-state index in [1.807, 2.05) is 43.6 Å². The number of aromatic nitrogens is 3. The summed E-state index contributed by atoms with van der Waals surface area (Å²) < 4.78 is 5.97. The summed E-state index contributed by atoms with van der Waals surface area (Å²) in [6, 6.07) is 9.49. The Balaban J connectivity index is 1.47. The maximum absolute atomic E-state index is 12.9. The number of carbonyl (C=O) groups excluding carboxylic acids is 1. The van der Waals surface area contributed by atoms with Crippen LogP contribution in [0.5, 0.6) is 0 Å². The minimum Gasteiger partial charge on any atom is -0.371 e. The molecule has 3 atom stereocenters. The van der Waals surface area contributed by atoms with Crippen LogP contribution in [0.2, 0.25) is 0 Å². The van der Waals surface area contributed by atoms with Crippen LogP contribution in [0, 0.1) is 0 Å². The van der Waals surface area contributed by atoms with E-state index >= 15 is 0 Å². The molecule has 0 spiro atoms. The molecule has 2 amide bonds. The smallest absolute Gasteiger partial charge is 0.317 e. The van der Waals surface area contributed by atoms with Crippen LogP contribution in [0.1, 0.15) is 36.6 Å². The van der Waals surface area contributed by atoms with Gasteiger partial charge in [0.15, 0.2) is 0 Å². The normalized spacial score (nSPS) is 19.3. The molecule has 4 heterocycles. The molecule has 1 fully saturated rings. The Hall–Kier alpha value is -3.32. The predicted octanol–water partition coefficient (Wildman–Crippen LogP) is 3.77. The van der Waals surface area contributed by atoms with E-state index in [1.54, 1.807) is 36.7 Å². The Kier molecular flexibility index (Phi) is 5.99. The molecule has 4 rings (SSSR count). The van der Waals surface area contributed by atoms with Crippen LogP contribution in [-0.4, -0.2) is 45.6 Å². The molecule has 1 N–H and O–H groups in total. The van der Waals surface area contributed by atoms with Crippen LogP contribution < -0.4 is 5.32 Å². The fourth-order valence-corrected chi connectivity index (χ4v) is 3.67. The van der Waals surface area contributed by atoms with Crippen molar-refractivity contribution in [2.24, 2.45) is 0 Å². The van der Waals surface area contributed by atoms with Crippen molar-refractivity contribution in [1.29, 1.82) is 0 Å². The van der Waals surface area contributed by atoms with Crippen molar-refractivity contribution in [1.82, 2.24) is 25.2 Å². The van der Waals surface area contributed by atoms with Gasteiger partial charge in [-0.15, -0.1) is 0 Å². The average Bonchev–Trinajstić information content (AvgIpc) is 3.27. The lowest BCUT2D eigenvalue weighted by Crippen LogP contribution is -2.45. The average molecular weight is 403 g/mol. The molecule has 154 valence electrons. The summed E-state index contributed by atoms with van der Waals surface area (Å²) in [6.07, 6.45) is 11.2. The minimum atomic E-state index is -0.234. The first-order chi connectivity index (χ1) is 14.6. The van der Waals surface area contributed by atoms with Crippen LogP contribution in [-0.2, 0) is 4.74 Å². The molecule has 1 aliphatic heterocycles. The van der Waals surface area contributed by atoms with E-state index in [2.05, 4.69) is 26.3 Å². The lowest BCUT2D eigenvalue weighted by atomic mass is 10.0. The van der Waals surface area contributed by atoms with Gasteiger partial charge in [-0.1, -0.05) is 6.07 Å². The van der Waals surface area contributed by atoms with Gasteiger partial charge in [0.05, 0.1) is 12.1 Å². The van der Waals surface area contributed by atoms with Crippen molar-refractivity contribution in [2.75, 3.05) is 13.7 Å². The van der Waals surface area contributed by atoms with Crippen molar-refractivity contribution in [3.8, 4) is 11.1 Å². The zero-order valence-electron chi connectivity index (χ0n) is 17.1. The second kappa shape index (κ2) is 9.00. The van der Waals surface area contributed by atoms with E-state index < -0.39 is 0 Å². The monoisotopic (exact) mass is 403 g/mol. The summed E-state index contributed by atoms with van der Waals surface area (Å²) in [7, 11) is 1.80. The molecule has 1 aliphatic rings. The largest absolute Gasteiger partial charge is 0.371 e. The second-order valence-electron chi connectivity index (χ2n) is 7.45. The number of amides is 2. The molecule has 7 nitrogen and oxygen atoms in total. The Bertz CT molecular complexity index is 983. The van der Waals surface area contributed by atoms with E-state index in [-0.39, 0.29) is 24.2 Å². The van der Waals surface area contributed by atoms with Crippen molar-refractivity contribution in [2.45, 2.75) is 31.5 Å². The second-order valence-corrected chi connectivity index (χ2v) is 7.45. The van der Waals surface area contributed by atoms with Gasteiger partial charge in [0.1, 0.15) is 6.10 Å². The highest BCUT2D eigenvalue weighted by atomic mass is 16.5. The fourth-order valence-electron chi connectivity index (χ4n) is 3.67. The van der Waals surface area contributed by atoms with Crippen LogP contribution in [0.25, 0.3) is 11.1 Å². The summed E-state index contributed by atoms with van der Waals surface area (Å²) in [5, 5.41) is 3.14. The molecule has 0 saturated carbocycles. The van der Waals surface area contributed by atoms with E-state index in [1.165, 1.54) is 0 Å². The Morgan fingerprint density at radius 1 is 1.10 bits per heavy atom. The van der Waals surface area contributed by atoms with Gasteiger partial charge in [-0.2, -0.15) is 0 Å². The van der Waals surface area contributed by atoms with Crippen LogP contribution >= 0.6 is 0 Å². The molecular formula is C23H25N5O2. The zero-order chi connectivity index (χ0) is 20.9. The molecule has 0 aromatic carbocycles. The molecule has 0 unspecified atom stereocenters. The summed E-state index contributed by atoms with van der Waals surface area (Å²) in [4.78, 5) is 27.2. The van der Waals surface area contributed by atoms with E-state index in [0.717, 1.165) is 28.7 Å². The SMILES string of the molecule is C[C@@H](c1ccncc1)N(C)C(=O)N[C@@H]1CCO[C@H]1c1cncc(-c2cccnc2)c1. The molecule has 3 aromatic rings. The first-order valence-electron chi connectivity index (χ1n) is 10.0. The number of hydrogen-bond acceptors (Lipinski definition) is 5. The van der Waals surface area contributed by atoms with Gasteiger partial charge in [0.2, 0.25) is 0 Å². The molecule has 0 radical (unpaired) electrons. The van der Waals surface area contributed by atoms with Gasteiger partial charge in [-0.05, 0) is 43.2 Å². The summed E-state index contributed by atoms with van der Waals surface area (Å²) in [6.45, 7) is 2.59. The Morgan fingerprint density at radius 2 is 1.90 bits per heavy atom. The van der Waals surface area contributed by atoms with Crippen molar-refractivity contribution in [3.63, 3.8) is 0 Å². The summed E-state index contributed by atoms with van der Waals surface area (Å²) in [5.41, 5.74) is 3.96. The maximum Gasteiger partial charge on any atom is 0.317 e. The Labute approximate surface area is 176 Å². The standard InChI is InChI=1S/C23H25N5O2/c1-16(17-5-9-24-10-6-17)28(2)23(29)27-21-7-11-30-22(21)20-12-19(14-26-15-20)18-4-3-8-25-13-18/h3-6,8-10,12-16,21-22H,7,11H2,1-2H3,(H,27,29)/t16-,21+,22-/m0/s1. The number of nitrogens with one attached hydrogen (secondary N) is 1. The third kappa shape index (κ3) is 4.31. The number of nitrogens with zero attached hydrogens (tertiary/aromatic N) is 4. The van der Waals surface area contributed by atoms with E-state index in [0.29, 0.717) is 6.61 Å². The number of carbonyl (C=O) groups is 1. The van der Waals surface area contributed by atoms with E-state index in [4.69, 9.17) is 4.74 Å². The first-order valence-corrected chi connectivity index (χ1v) is 10.0. The molecule has 3 aromatic heterocycles. The van der Waals surface area contributed by atoms with Gasteiger partial charge in [-0.25, -0.2) is 4.79 Å². The molecule has 0 bridgehead atoms. The van der Waals surface area contributed by atoms with Crippen molar-refractivity contribution >= 4 is 6.03 Å². The van der Waals surface area contributed by atoms with Crippen molar-refractivity contribution < 1.29 is 9.53 Å². The summed E-state index contributed by atoms with van der Waals surface area (Å²) in [5.74, 6) is 0. The lowest BCUT2D eigenvalue weighted by Gasteiger charge is -2.28. The molecule has 1 saturated heterocycles. The number of urea groups is 1. The van der Waals surface area contributed by atoms with Crippen LogP contribution in [0.15, 0.2) is 67.5 Å². The van der Waals surface area contributed by atoms with Crippen molar-refractivity contribution in [3.05, 3.63) is 78.6 Å². The lowest BCUT2D eigenvalue weighted by molar-refractivity contribution is 0.0976. The topological polar surface area (TPSA) is 80.2 Å². The minimum absolute atomic E-state index is 0.0654. The Morgan fingerprint density at radius 3 is 2.67 bits per heavy atom. The molecule has 0 aliphatic carbocycles. The van der Waals surface area contributed by atoms with Crippen LogP contribution in [0.4, 0.5) is 4.79 Å². The third-order valence-corrected chi connectivity index (χ3v) is 5.57. The van der Waals surface area contributed by atoms with Gasteiger partial charge in [0, 0.05) is 67.5 Å². The highest BCUT2D eigenvalue weighted by Gasteiger charge is 2.32. The van der Waals surface area contributed by atoms with Gasteiger partial charge >= 0.3 is 6.03 Å². The quantitative estimate of drug-likeness (QED) is 0.701. The highest BCUT2D eigenvalue weighted by Crippen LogP contribution is 2.31. The predicted molar refractivity (Wildman–Crippen MR) is 114 cm³/mol. The number of rotatable bonds is 5. The van der Waals surface area contributed by atoms with E-state index in [9.17, 15) is 4.79 Å². The highest BCUT2D eigenvalue weighted by molar-refractivity contribution is 5.75. The van der Waals surface area contributed by atoms with Gasteiger partial charge in [0.25, 0.3) is 0 Å². The van der Waals surface area contributed by atoms with Gasteiger partial charge in [-0.3, -0.25) is 15.0 Å². The summed E-state index contributed by atoms with van der Waals surface area (Å²) >= 11 is 0.